The molecule has 0 aromatic heterocycles. The molecule has 0 fully saturated rings. The second-order valence-corrected chi connectivity index (χ2v) is 7.47. The van der Waals surface area contributed by atoms with Crippen molar-refractivity contribution in [2.24, 2.45) is 20.7 Å². The van der Waals surface area contributed by atoms with Gasteiger partial charge in [-0.2, -0.15) is 5.10 Å². The quantitative estimate of drug-likeness (QED) is 0.516. The number of sulfonamides is 1. The fourth-order valence-corrected chi connectivity index (χ4v) is 3.09. The average Bonchev–Trinajstić information content (AvgIpc) is 2.87. The zero-order chi connectivity index (χ0) is 17.1. The normalized spacial score (nSPS) is 17.3. The van der Waals surface area contributed by atoms with E-state index in [9.17, 15) is 13.3 Å². The molecule has 2 rings (SSSR count). The van der Waals surface area contributed by atoms with Crippen molar-refractivity contribution in [3.63, 3.8) is 0 Å². The van der Waals surface area contributed by atoms with E-state index in [0.29, 0.717) is 13.1 Å². The van der Waals surface area contributed by atoms with E-state index in [-0.39, 0.29) is 22.0 Å². The summed E-state index contributed by atoms with van der Waals surface area (Å²) in [5.74, 6) is 0.152. The van der Waals surface area contributed by atoms with Crippen molar-refractivity contribution >= 4 is 27.9 Å². The first-order chi connectivity index (χ1) is 10.8. The molecule has 0 amide bonds. The van der Waals surface area contributed by atoms with Gasteiger partial charge in [0.25, 0.3) is 10.0 Å². The molecular formula is C14H19N5O3S. The number of nitrogens with one attached hydrogen (secondary N) is 1. The van der Waals surface area contributed by atoms with Gasteiger partial charge in [-0.1, -0.05) is 19.9 Å². The summed E-state index contributed by atoms with van der Waals surface area (Å²) in [6.07, 6.45) is 1.75. The maximum absolute atomic E-state index is 12.5. The Labute approximate surface area is 135 Å². The number of benzene rings is 1. The number of hydrogen-bond donors (Lipinski definition) is 1. The zero-order valence-corrected chi connectivity index (χ0v) is 14.0. The predicted molar refractivity (Wildman–Crippen MR) is 89.2 cm³/mol. The summed E-state index contributed by atoms with van der Waals surface area (Å²) in [6, 6.07) is 5.48. The van der Waals surface area contributed by atoms with Gasteiger partial charge in [0.2, 0.25) is 5.96 Å². The molecule has 23 heavy (non-hydrogen) atoms. The Kier molecular flexibility index (Phi) is 4.79. The molecule has 9 heteroatoms. The summed E-state index contributed by atoms with van der Waals surface area (Å²) in [5, 5.41) is 8.47. The summed E-state index contributed by atoms with van der Waals surface area (Å²) < 4.78 is 27.4. The largest absolute Gasteiger partial charge is 0.264 e. The molecule has 0 unspecified atom stereocenters. The Hall–Kier alpha value is -2.29. The fourth-order valence-electron chi connectivity index (χ4n) is 2.03. The molecular weight excluding hydrogens is 318 g/mol. The molecule has 1 aromatic carbocycles. The first kappa shape index (κ1) is 17.1. The lowest BCUT2D eigenvalue weighted by molar-refractivity contribution is 0.379. The van der Waals surface area contributed by atoms with E-state index in [1.165, 1.54) is 29.3 Å². The Morgan fingerprint density at radius 3 is 2.74 bits per heavy atom. The van der Waals surface area contributed by atoms with Gasteiger partial charge in [-0.15, -0.1) is 4.91 Å². The van der Waals surface area contributed by atoms with Gasteiger partial charge in [0.05, 0.1) is 11.4 Å². The van der Waals surface area contributed by atoms with Crippen LogP contribution in [0.25, 0.3) is 0 Å². The highest BCUT2D eigenvalue weighted by Gasteiger charge is 2.30. The van der Waals surface area contributed by atoms with Gasteiger partial charge in [-0.3, -0.25) is 4.99 Å². The summed E-state index contributed by atoms with van der Waals surface area (Å²) in [6.45, 7) is 6.71. The minimum atomic E-state index is -3.88. The van der Waals surface area contributed by atoms with Crippen LogP contribution in [0.15, 0.2) is 44.4 Å². The molecule has 1 heterocycles. The van der Waals surface area contributed by atoms with Crippen molar-refractivity contribution in [2.75, 3.05) is 13.1 Å². The molecule has 124 valence electrons. The fraction of sp³-hybridized carbons (Fsp3) is 0.429. The van der Waals surface area contributed by atoms with E-state index in [4.69, 9.17) is 0 Å². The summed E-state index contributed by atoms with van der Waals surface area (Å²) in [4.78, 5) is 14.7. The molecule has 1 aliphatic rings. The first-order valence-electron chi connectivity index (χ1n) is 7.11. The molecule has 0 aliphatic carbocycles. The molecule has 0 saturated carbocycles. The summed E-state index contributed by atoms with van der Waals surface area (Å²) in [5.41, 5.74) is -0.122. The Morgan fingerprint density at radius 2 is 2.17 bits per heavy atom. The molecule has 0 bridgehead atoms. The van der Waals surface area contributed by atoms with Crippen molar-refractivity contribution < 1.29 is 8.42 Å². The predicted octanol–water partition coefficient (Wildman–Crippen LogP) is 2.07. The highest BCUT2D eigenvalue weighted by molar-refractivity contribution is 7.90. The minimum absolute atomic E-state index is 0.0437. The Morgan fingerprint density at radius 1 is 1.43 bits per heavy atom. The minimum Gasteiger partial charge on any atom is -0.251 e. The van der Waals surface area contributed by atoms with Crippen LogP contribution < -0.4 is 4.72 Å². The standard InChI is InChI=1S/C14H19N5O3S/c1-4-15-13(19-10-14(2,3)9-16-19)18-23(21,22)12-7-5-6-11(8-12)17-20/h5-9H,4,10H2,1-3H3,(H,15,18). The van der Waals surface area contributed by atoms with Crippen LogP contribution >= 0.6 is 0 Å². The number of rotatable bonds is 4. The van der Waals surface area contributed by atoms with Gasteiger partial charge in [-0.05, 0) is 30.3 Å². The van der Waals surface area contributed by atoms with Crippen LogP contribution in [0, 0.1) is 10.3 Å². The van der Waals surface area contributed by atoms with Gasteiger partial charge < -0.3 is 0 Å². The zero-order valence-electron chi connectivity index (χ0n) is 13.2. The maximum Gasteiger partial charge on any atom is 0.264 e. The van der Waals surface area contributed by atoms with E-state index in [0.717, 1.165) is 0 Å². The number of nitrogens with zero attached hydrogens (tertiary/aromatic N) is 4. The van der Waals surface area contributed by atoms with Crippen LogP contribution in [-0.2, 0) is 10.0 Å². The van der Waals surface area contributed by atoms with Crippen LogP contribution in [0.1, 0.15) is 20.8 Å². The average molecular weight is 337 g/mol. The topological polar surface area (TPSA) is 104 Å². The third-order valence-corrected chi connectivity index (χ3v) is 4.44. The highest BCUT2D eigenvalue weighted by Crippen LogP contribution is 2.22. The highest BCUT2D eigenvalue weighted by atomic mass is 32.2. The van der Waals surface area contributed by atoms with Crippen molar-refractivity contribution in [3.05, 3.63) is 29.2 Å². The Balaban J connectivity index is 2.27. The number of hydrazone groups is 1. The van der Waals surface area contributed by atoms with Crippen molar-refractivity contribution in [1.29, 1.82) is 0 Å². The van der Waals surface area contributed by atoms with Crippen LogP contribution in [0.3, 0.4) is 0 Å². The Bertz CT molecular complexity index is 755. The second kappa shape index (κ2) is 6.45. The van der Waals surface area contributed by atoms with Crippen LogP contribution in [0.2, 0.25) is 0 Å². The van der Waals surface area contributed by atoms with Crippen molar-refractivity contribution in [2.45, 2.75) is 25.7 Å². The van der Waals surface area contributed by atoms with E-state index in [1.54, 1.807) is 13.1 Å². The molecule has 0 saturated heterocycles. The molecule has 0 atom stereocenters. The SMILES string of the molecule is CCN=C(NS(=O)(=O)c1cccc(N=O)c1)N1CC(C)(C)C=N1. The van der Waals surface area contributed by atoms with E-state index >= 15 is 0 Å². The van der Waals surface area contributed by atoms with Gasteiger partial charge in [0, 0.05) is 18.2 Å². The first-order valence-corrected chi connectivity index (χ1v) is 8.59. The van der Waals surface area contributed by atoms with Crippen LogP contribution in [0.4, 0.5) is 5.69 Å². The molecule has 1 aliphatic heterocycles. The van der Waals surface area contributed by atoms with Crippen LogP contribution in [0.5, 0.6) is 0 Å². The maximum atomic E-state index is 12.5. The summed E-state index contributed by atoms with van der Waals surface area (Å²) in [7, 11) is -3.88. The lowest BCUT2D eigenvalue weighted by atomic mass is 9.97. The second-order valence-electron chi connectivity index (χ2n) is 5.78. The lowest BCUT2D eigenvalue weighted by Gasteiger charge is -2.21. The van der Waals surface area contributed by atoms with Crippen LogP contribution in [-0.4, -0.2) is 38.7 Å². The number of aliphatic imine (C=N–C) groups is 1. The van der Waals surface area contributed by atoms with E-state index in [1.807, 2.05) is 13.8 Å². The van der Waals surface area contributed by atoms with Gasteiger partial charge >= 0.3 is 0 Å². The number of guanidine groups is 1. The number of hydrogen-bond acceptors (Lipinski definition) is 6. The van der Waals surface area contributed by atoms with Gasteiger partial charge in [0.1, 0.15) is 5.69 Å². The molecule has 1 aromatic rings. The van der Waals surface area contributed by atoms with Gasteiger partial charge in [0.15, 0.2) is 0 Å². The molecule has 1 N–H and O–H groups in total. The van der Waals surface area contributed by atoms with E-state index in [2.05, 4.69) is 20.0 Å². The molecule has 0 spiro atoms. The third kappa shape index (κ3) is 4.13. The van der Waals surface area contributed by atoms with Crippen molar-refractivity contribution in [3.8, 4) is 0 Å². The van der Waals surface area contributed by atoms with Gasteiger partial charge in [-0.25, -0.2) is 18.1 Å². The molecule has 0 radical (unpaired) electrons. The smallest absolute Gasteiger partial charge is 0.251 e. The third-order valence-electron chi connectivity index (χ3n) is 3.12. The number of nitroso groups, excluding NO2 is 1. The van der Waals surface area contributed by atoms with E-state index < -0.39 is 10.0 Å². The lowest BCUT2D eigenvalue weighted by Crippen LogP contribution is -2.42. The van der Waals surface area contributed by atoms with Crippen molar-refractivity contribution in [1.82, 2.24) is 9.73 Å². The summed E-state index contributed by atoms with van der Waals surface area (Å²) >= 11 is 0. The molecule has 8 nitrogen and oxygen atoms in total. The monoisotopic (exact) mass is 337 g/mol.